The van der Waals surface area contributed by atoms with Crippen molar-refractivity contribution in [1.29, 1.82) is 0 Å². The van der Waals surface area contributed by atoms with Gasteiger partial charge in [-0.05, 0) is 37.3 Å². The minimum Gasteiger partial charge on any atom is -0.493 e. The summed E-state index contributed by atoms with van der Waals surface area (Å²) >= 11 is 1.56. The van der Waals surface area contributed by atoms with Gasteiger partial charge in [0.25, 0.3) is 5.91 Å². The molecule has 0 spiro atoms. The second-order valence-corrected chi connectivity index (χ2v) is 6.69. The molecule has 5 nitrogen and oxygen atoms in total. The average molecular weight is 357 g/mol. The number of azo groups is 1. The summed E-state index contributed by atoms with van der Waals surface area (Å²) in [6.45, 7) is 2.02. The highest BCUT2D eigenvalue weighted by molar-refractivity contribution is 7.99. The lowest BCUT2D eigenvalue weighted by Gasteiger charge is -2.00. The van der Waals surface area contributed by atoms with Gasteiger partial charge in [0.2, 0.25) is 5.88 Å². The van der Waals surface area contributed by atoms with Crippen molar-refractivity contribution < 1.29 is 14.3 Å². The van der Waals surface area contributed by atoms with Crippen LogP contribution in [0.5, 0.6) is 5.88 Å². The van der Waals surface area contributed by atoms with Crippen LogP contribution in [0.1, 0.15) is 12.0 Å². The maximum Gasteiger partial charge on any atom is 0.265 e. The number of aromatic amines is 1. The molecule has 3 rings (SSSR count). The molecule has 1 heterocycles. The van der Waals surface area contributed by atoms with E-state index in [1.165, 1.54) is 23.8 Å². The van der Waals surface area contributed by atoms with Gasteiger partial charge in [0, 0.05) is 22.5 Å². The molecule has 0 fully saturated rings. The van der Waals surface area contributed by atoms with Crippen molar-refractivity contribution in [2.24, 2.45) is 10.2 Å². The number of H-pyrrole nitrogens is 1. The molecule has 1 aromatic heterocycles. The SMILES string of the molecule is Cc1ccc(SCCC(=O)N=Nc2c(O)[nH]c3ccc(F)cc23)cc1. The second kappa shape index (κ2) is 7.48. The molecular formula is C18H16FN3O2S. The number of aromatic hydroxyl groups is 1. The molecule has 0 saturated carbocycles. The normalized spacial score (nSPS) is 11.4. The third-order valence-electron chi connectivity index (χ3n) is 3.58. The summed E-state index contributed by atoms with van der Waals surface area (Å²) in [5, 5.41) is 17.6. The first-order valence-corrected chi connectivity index (χ1v) is 8.66. The Balaban J connectivity index is 1.62. The Morgan fingerprint density at radius 2 is 2.00 bits per heavy atom. The van der Waals surface area contributed by atoms with Crippen molar-refractivity contribution in [2.75, 3.05) is 5.75 Å². The van der Waals surface area contributed by atoms with E-state index in [-0.39, 0.29) is 18.0 Å². The molecule has 0 unspecified atom stereocenters. The van der Waals surface area contributed by atoms with Gasteiger partial charge >= 0.3 is 0 Å². The number of nitrogens with one attached hydrogen (secondary N) is 1. The van der Waals surface area contributed by atoms with Crippen LogP contribution < -0.4 is 0 Å². The summed E-state index contributed by atoms with van der Waals surface area (Å²) in [5.41, 5.74) is 1.77. The Kier molecular flexibility index (Phi) is 5.14. The predicted octanol–water partition coefficient (Wildman–Crippen LogP) is 5.11. The summed E-state index contributed by atoms with van der Waals surface area (Å²) in [7, 11) is 0. The Bertz CT molecular complexity index is 935. The van der Waals surface area contributed by atoms with Gasteiger partial charge < -0.3 is 10.1 Å². The molecule has 7 heteroatoms. The largest absolute Gasteiger partial charge is 0.493 e. The van der Waals surface area contributed by atoms with E-state index in [1.54, 1.807) is 11.8 Å². The number of amides is 1. The van der Waals surface area contributed by atoms with Crippen LogP contribution in [0.25, 0.3) is 10.9 Å². The maximum atomic E-state index is 13.3. The van der Waals surface area contributed by atoms with E-state index in [2.05, 4.69) is 15.2 Å². The highest BCUT2D eigenvalue weighted by Crippen LogP contribution is 2.35. The number of rotatable bonds is 5. The minimum atomic E-state index is -0.455. The summed E-state index contributed by atoms with van der Waals surface area (Å²) < 4.78 is 13.3. The Morgan fingerprint density at radius 3 is 2.76 bits per heavy atom. The molecule has 0 atom stereocenters. The van der Waals surface area contributed by atoms with Crippen LogP contribution in [0, 0.1) is 12.7 Å². The van der Waals surface area contributed by atoms with E-state index in [9.17, 15) is 14.3 Å². The number of hydrogen-bond donors (Lipinski definition) is 2. The number of benzene rings is 2. The lowest BCUT2D eigenvalue weighted by atomic mass is 10.2. The van der Waals surface area contributed by atoms with Crippen LogP contribution >= 0.6 is 11.8 Å². The molecule has 128 valence electrons. The van der Waals surface area contributed by atoms with Crippen LogP contribution in [-0.2, 0) is 4.79 Å². The first-order chi connectivity index (χ1) is 12.0. The number of fused-ring (bicyclic) bond motifs is 1. The van der Waals surface area contributed by atoms with Crippen LogP contribution in [0.15, 0.2) is 57.6 Å². The number of aromatic nitrogens is 1. The molecule has 0 saturated heterocycles. The lowest BCUT2D eigenvalue weighted by Crippen LogP contribution is -1.93. The molecule has 1 amide bonds. The highest BCUT2D eigenvalue weighted by atomic mass is 32.2. The smallest absolute Gasteiger partial charge is 0.265 e. The molecule has 0 bridgehead atoms. The van der Waals surface area contributed by atoms with Gasteiger partial charge in [-0.2, -0.15) is 0 Å². The van der Waals surface area contributed by atoms with Crippen molar-refractivity contribution in [2.45, 2.75) is 18.2 Å². The molecule has 25 heavy (non-hydrogen) atoms. The zero-order valence-corrected chi connectivity index (χ0v) is 14.3. The Labute approximate surface area is 148 Å². The van der Waals surface area contributed by atoms with E-state index in [1.807, 2.05) is 31.2 Å². The van der Waals surface area contributed by atoms with E-state index in [0.717, 1.165) is 4.90 Å². The fraction of sp³-hybridized carbons (Fsp3) is 0.167. The van der Waals surface area contributed by atoms with Crippen molar-refractivity contribution in [3.8, 4) is 5.88 Å². The van der Waals surface area contributed by atoms with Crippen LogP contribution in [0.3, 0.4) is 0 Å². The first kappa shape index (κ1) is 17.2. The molecule has 0 aliphatic rings. The molecule has 0 aliphatic carbocycles. The van der Waals surface area contributed by atoms with Gasteiger partial charge in [0.05, 0.1) is 5.52 Å². The highest BCUT2D eigenvalue weighted by Gasteiger charge is 2.11. The van der Waals surface area contributed by atoms with Gasteiger partial charge in [0.15, 0.2) is 5.69 Å². The van der Waals surface area contributed by atoms with E-state index in [4.69, 9.17) is 0 Å². The molecule has 2 aromatic carbocycles. The summed E-state index contributed by atoms with van der Waals surface area (Å²) in [6.07, 6.45) is 0.222. The fourth-order valence-electron chi connectivity index (χ4n) is 2.28. The molecule has 3 aromatic rings. The van der Waals surface area contributed by atoms with Gasteiger partial charge in [-0.3, -0.25) is 4.79 Å². The predicted molar refractivity (Wildman–Crippen MR) is 96.0 cm³/mol. The van der Waals surface area contributed by atoms with E-state index >= 15 is 0 Å². The zero-order chi connectivity index (χ0) is 17.8. The standard InChI is InChI=1S/C18H16FN3O2S/c1-11-2-5-13(6-3-11)25-9-8-16(23)21-22-17-14-10-12(19)4-7-15(14)20-18(17)24/h2-7,10,20,24H,8-9H2,1H3. The number of thioether (sulfide) groups is 1. The monoisotopic (exact) mass is 357 g/mol. The topological polar surface area (TPSA) is 77.8 Å². The van der Waals surface area contributed by atoms with Gasteiger partial charge in [-0.25, -0.2) is 4.39 Å². The third kappa shape index (κ3) is 4.24. The van der Waals surface area contributed by atoms with E-state index in [0.29, 0.717) is 16.7 Å². The van der Waals surface area contributed by atoms with Crippen LogP contribution in [0.4, 0.5) is 10.1 Å². The molecule has 0 radical (unpaired) electrons. The summed E-state index contributed by atoms with van der Waals surface area (Å²) in [5.74, 6) is -0.519. The molecule has 2 N–H and O–H groups in total. The number of halogens is 1. The van der Waals surface area contributed by atoms with Gasteiger partial charge in [-0.15, -0.1) is 22.0 Å². The number of carbonyl (C=O) groups is 1. The molecular weight excluding hydrogens is 341 g/mol. The second-order valence-electron chi connectivity index (χ2n) is 5.52. The first-order valence-electron chi connectivity index (χ1n) is 7.67. The maximum absolute atomic E-state index is 13.3. The number of aryl methyl sites for hydroxylation is 1. The Hall–Kier alpha value is -2.67. The lowest BCUT2D eigenvalue weighted by molar-refractivity contribution is -0.117. The van der Waals surface area contributed by atoms with Gasteiger partial charge in [0.1, 0.15) is 5.82 Å². The summed E-state index contributed by atoms with van der Waals surface area (Å²) in [4.78, 5) is 15.6. The number of nitrogens with zero attached hydrogens (tertiary/aromatic N) is 2. The van der Waals surface area contributed by atoms with Crippen molar-refractivity contribution >= 4 is 34.3 Å². The van der Waals surface area contributed by atoms with Crippen LogP contribution in [0.2, 0.25) is 0 Å². The quantitative estimate of drug-likeness (QED) is 0.492. The van der Waals surface area contributed by atoms with Crippen molar-refractivity contribution in [1.82, 2.24) is 4.98 Å². The Morgan fingerprint density at radius 1 is 1.24 bits per heavy atom. The fourth-order valence-corrected chi connectivity index (χ4v) is 3.12. The third-order valence-corrected chi connectivity index (χ3v) is 4.60. The number of hydrogen-bond acceptors (Lipinski definition) is 4. The van der Waals surface area contributed by atoms with E-state index < -0.39 is 11.7 Å². The summed E-state index contributed by atoms with van der Waals surface area (Å²) in [6, 6.07) is 12.0. The van der Waals surface area contributed by atoms with Gasteiger partial charge in [-0.1, -0.05) is 17.7 Å². The van der Waals surface area contributed by atoms with Crippen LogP contribution in [-0.4, -0.2) is 21.8 Å². The van der Waals surface area contributed by atoms with Crippen molar-refractivity contribution in [3.05, 3.63) is 53.8 Å². The van der Waals surface area contributed by atoms with Crippen molar-refractivity contribution in [3.63, 3.8) is 0 Å². The minimum absolute atomic E-state index is 0.0639. The average Bonchev–Trinajstić information content (AvgIpc) is 2.89. The zero-order valence-electron chi connectivity index (χ0n) is 13.5. The number of carbonyl (C=O) groups excluding carboxylic acids is 1. The molecule has 0 aliphatic heterocycles.